The second-order valence-electron chi connectivity index (χ2n) is 5.89. The molecule has 0 unspecified atom stereocenters. The van der Waals surface area contributed by atoms with E-state index in [1.807, 2.05) is 0 Å². The Labute approximate surface area is 163 Å². The number of ether oxygens (including phenoxy) is 1. The maximum Gasteiger partial charge on any atom is 0.339 e. The molecule has 1 atom stereocenters. The molecule has 3 aromatic rings. The number of benzene rings is 2. The zero-order chi connectivity index (χ0) is 19.6. The molecule has 0 spiro atoms. The van der Waals surface area contributed by atoms with Crippen molar-refractivity contribution in [2.45, 2.75) is 25.3 Å². The second kappa shape index (κ2) is 8.06. The van der Waals surface area contributed by atoms with Crippen LogP contribution in [0.2, 0.25) is 5.02 Å². The highest BCUT2D eigenvalue weighted by Crippen LogP contribution is 2.26. The van der Waals surface area contributed by atoms with Crippen LogP contribution >= 0.6 is 11.6 Å². The first-order valence-corrected chi connectivity index (χ1v) is 9.97. The fourth-order valence-corrected chi connectivity index (χ4v) is 3.78. The summed E-state index contributed by atoms with van der Waals surface area (Å²) in [5.74, 6) is -0.209. The molecule has 1 aromatic heterocycles. The molecule has 0 radical (unpaired) electrons. The van der Waals surface area contributed by atoms with Gasteiger partial charge in [-0.05, 0) is 36.8 Å². The largest absolute Gasteiger partial charge is 0.457 e. The summed E-state index contributed by atoms with van der Waals surface area (Å²) < 4.78 is 22.7. The molecule has 0 N–H and O–H groups in total. The number of halogens is 1. The first-order valence-electron chi connectivity index (χ1n) is 8.28. The minimum atomic E-state index is -1.29. The molecule has 1 heterocycles. The van der Waals surface area contributed by atoms with E-state index in [0.717, 1.165) is 5.56 Å². The van der Waals surface area contributed by atoms with Crippen LogP contribution in [0.4, 0.5) is 0 Å². The Hall–Kier alpha value is -2.44. The minimum absolute atomic E-state index is 0.132. The monoisotopic (exact) mass is 404 g/mol. The minimum Gasteiger partial charge on any atom is -0.457 e. The average molecular weight is 405 g/mol. The second-order valence-corrected chi connectivity index (χ2v) is 8.01. The van der Waals surface area contributed by atoms with Gasteiger partial charge < -0.3 is 9.15 Å². The number of hydrogen-bond acceptors (Lipinski definition) is 5. The number of esters is 1. The quantitative estimate of drug-likeness (QED) is 0.469. The Morgan fingerprint density at radius 2 is 1.96 bits per heavy atom. The highest BCUT2D eigenvalue weighted by Gasteiger charge is 2.17. The van der Waals surface area contributed by atoms with Gasteiger partial charge in [-0.2, -0.15) is 0 Å². The van der Waals surface area contributed by atoms with Crippen LogP contribution in [0.15, 0.2) is 56.6 Å². The molecule has 0 fully saturated rings. The van der Waals surface area contributed by atoms with Crippen LogP contribution in [0.25, 0.3) is 11.0 Å². The normalized spacial score (nSPS) is 12.1. The number of fused-ring (bicyclic) bond motifs is 1. The van der Waals surface area contributed by atoms with Crippen molar-refractivity contribution in [1.82, 2.24) is 0 Å². The summed E-state index contributed by atoms with van der Waals surface area (Å²) in [6.45, 7) is 3.45. The Kier molecular flexibility index (Phi) is 5.77. The van der Waals surface area contributed by atoms with Gasteiger partial charge in [0.05, 0.1) is 21.3 Å². The predicted octanol–water partition coefficient (Wildman–Crippen LogP) is 4.24. The molecule has 5 nitrogen and oxygen atoms in total. The molecular formula is C20H17ClO5S. The van der Waals surface area contributed by atoms with Gasteiger partial charge in [-0.3, -0.25) is 4.21 Å². The Balaban J connectivity index is 1.92. The molecule has 0 aliphatic heterocycles. The molecule has 0 saturated heterocycles. The van der Waals surface area contributed by atoms with Gasteiger partial charge in [0.25, 0.3) is 0 Å². The highest BCUT2D eigenvalue weighted by atomic mass is 35.5. The molecule has 0 aliphatic rings. The smallest absolute Gasteiger partial charge is 0.339 e. The van der Waals surface area contributed by atoms with E-state index < -0.39 is 22.4 Å². The van der Waals surface area contributed by atoms with E-state index in [1.54, 1.807) is 50.2 Å². The van der Waals surface area contributed by atoms with E-state index in [4.69, 9.17) is 20.8 Å². The first kappa shape index (κ1) is 19.3. The summed E-state index contributed by atoms with van der Waals surface area (Å²) >= 11 is 6.17. The summed E-state index contributed by atoms with van der Waals surface area (Å²) in [4.78, 5) is 24.8. The van der Waals surface area contributed by atoms with Crippen LogP contribution in [-0.4, -0.2) is 15.9 Å². The lowest BCUT2D eigenvalue weighted by atomic mass is 10.1. The van der Waals surface area contributed by atoms with Crippen molar-refractivity contribution in [2.24, 2.45) is 0 Å². The van der Waals surface area contributed by atoms with Gasteiger partial charge in [0.1, 0.15) is 12.2 Å². The number of carbonyl (C=O) groups excluding carboxylic acids is 1. The number of carbonyl (C=O) groups is 1. The molecule has 140 valence electrons. The summed E-state index contributed by atoms with van der Waals surface area (Å²) in [5, 5.41) is 1.12. The van der Waals surface area contributed by atoms with Crippen molar-refractivity contribution in [2.75, 3.05) is 5.75 Å². The molecule has 0 bridgehead atoms. The Bertz CT molecular complexity index is 1100. The molecule has 7 heteroatoms. The van der Waals surface area contributed by atoms with Crippen LogP contribution in [0.1, 0.15) is 28.4 Å². The average Bonchev–Trinajstić information content (AvgIpc) is 2.66. The summed E-state index contributed by atoms with van der Waals surface area (Å²) in [7, 11) is -1.29. The van der Waals surface area contributed by atoms with E-state index in [9.17, 15) is 13.8 Å². The van der Waals surface area contributed by atoms with Crippen molar-refractivity contribution in [1.29, 1.82) is 0 Å². The third-order valence-electron chi connectivity index (χ3n) is 4.08. The highest BCUT2D eigenvalue weighted by molar-refractivity contribution is 7.85. The zero-order valence-electron chi connectivity index (χ0n) is 14.8. The fraction of sp³-hybridized carbons (Fsp3) is 0.200. The summed E-state index contributed by atoms with van der Waals surface area (Å²) in [6, 6.07) is 11.2. The number of hydrogen-bond donors (Lipinski definition) is 0. The van der Waals surface area contributed by atoms with Crippen LogP contribution in [0.5, 0.6) is 0 Å². The molecule has 0 saturated carbocycles. The van der Waals surface area contributed by atoms with Crippen LogP contribution < -0.4 is 5.63 Å². The fourth-order valence-electron chi connectivity index (χ4n) is 2.68. The van der Waals surface area contributed by atoms with E-state index in [0.29, 0.717) is 32.2 Å². The lowest BCUT2D eigenvalue weighted by Gasteiger charge is -2.10. The Morgan fingerprint density at radius 1 is 1.22 bits per heavy atom. The maximum absolute atomic E-state index is 12.5. The summed E-state index contributed by atoms with van der Waals surface area (Å²) in [5.41, 5.74) is 1.35. The van der Waals surface area contributed by atoms with Gasteiger partial charge in [0.2, 0.25) is 0 Å². The van der Waals surface area contributed by atoms with Crippen LogP contribution in [-0.2, 0) is 22.1 Å². The standard InChI is InChI=1S/C20H17ClO5S/c1-3-27(24)18-7-5-4-6-14(18)20(23)25-11-13-9-19(22)26-17-8-12(2)16(21)10-15(13)17/h4-10H,3,11H2,1-2H3/t27-/m1/s1. The van der Waals surface area contributed by atoms with Crippen molar-refractivity contribution < 1.29 is 18.2 Å². The SMILES string of the molecule is CC[S@@](=O)c1ccccc1C(=O)OCc1cc(=O)oc2cc(C)c(Cl)cc12. The first-order chi connectivity index (χ1) is 12.9. The van der Waals surface area contributed by atoms with E-state index in [1.165, 1.54) is 6.07 Å². The summed E-state index contributed by atoms with van der Waals surface area (Å²) in [6.07, 6.45) is 0. The van der Waals surface area contributed by atoms with Gasteiger partial charge in [-0.1, -0.05) is 30.7 Å². The topological polar surface area (TPSA) is 73.6 Å². The number of rotatable bonds is 5. The van der Waals surface area contributed by atoms with Crippen LogP contribution in [0.3, 0.4) is 0 Å². The van der Waals surface area contributed by atoms with Crippen molar-refractivity contribution >= 4 is 39.3 Å². The number of aryl methyl sites for hydroxylation is 1. The lowest BCUT2D eigenvalue weighted by Crippen LogP contribution is -2.11. The lowest BCUT2D eigenvalue weighted by molar-refractivity contribution is 0.0469. The Morgan fingerprint density at radius 3 is 2.70 bits per heavy atom. The zero-order valence-corrected chi connectivity index (χ0v) is 16.4. The molecule has 0 amide bonds. The van der Waals surface area contributed by atoms with Crippen molar-refractivity contribution in [3.05, 3.63) is 74.6 Å². The van der Waals surface area contributed by atoms with Gasteiger partial charge >= 0.3 is 11.6 Å². The van der Waals surface area contributed by atoms with Crippen molar-refractivity contribution in [3.8, 4) is 0 Å². The van der Waals surface area contributed by atoms with E-state index >= 15 is 0 Å². The third-order valence-corrected chi connectivity index (χ3v) is 5.86. The van der Waals surface area contributed by atoms with Crippen LogP contribution in [0, 0.1) is 6.92 Å². The predicted molar refractivity (Wildman–Crippen MR) is 105 cm³/mol. The van der Waals surface area contributed by atoms with E-state index in [2.05, 4.69) is 0 Å². The third kappa shape index (κ3) is 4.12. The maximum atomic E-state index is 12.5. The van der Waals surface area contributed by atoms with Gasteiger partial charge in [0, 0.05) is 27.8 Å². The van der Waals surface area contributed by atoms with Crippen molar-refractivity contribution in [3.63, 3.8) is 0 Å². The molecular weight excluding hydrogens is 388 g/mol. The van der Waals surface area contributed by atoms with E-state index in [-0.39, 0.29) is 12.2 Å². The van der Waals surface area contributed by atoms with Gasteiger partial charge in [0.15, 0.2) is 0 Å². The molecule has 2 aromatic carbocycles. The van der Waals surface area contributed by atoms with Gasteiger partial charge in [-0.15, -0.1) is 0 Å². The molecule has 27 heavy (non-hydrogen) atoms. The molecule has 3 rings (SSSR count). The molecule has 0 aliphatic carbocycles. The van der Waals surface area contributed by atoms with Gasteiger partial charge in [-0.25, -0.2) is 9.59 Å².